The standard InChI is InChI=1S/C9H8Br2S/c10-8-1-6-3-12-4-7(6)2-9(8,11)5-8/h3-4H,1-2,5H2. The molecule has 0 N–H and O–H groups in total. The quantitative estimate of drug-likeness (QED) is 0.643. The fourth-order valence-electron chi connectivity index (χ4n) is 2.11. The first-order valence-electron chi connectivity index (χ1n) is 4.05. The van der Waals surface area contributed by atoms with E-state index in [9.17, 15) is 0 Å². The summed E-state index contributed by atoms with van der Waals surface area (Å²) in [5, 5.41) is 4.59. The van der Waals surface area contributed by atoms with Gasteiger partial charge in [0.05, 0.1) is 0 Å². The van der Waals surface area contributed by atoms with Gasteiger partial charge < -0.3 is 0 Å². The summed E-state index contributed by atoms with van der Waals surface area (Å²) in [4.78, 5) is 0. The van der Waals surface area contributed by atoms with Crippen molar-refractivity contribution in [3.05, 3.63) is 21.9 Å². The molecule has 0 spiro atoms. The Bertz CT molecular complexity index is 316. The van der Waals surface area contributed by atoms with E-state index in [1.807, 2.05) is 11.3 Å². The van der Waals surface area contributed by atoms with Crippen LogP contribution in [-0.4, -0.2) is 8.65 Å². The number of rotatable bonds is 0. The fourth-order valence-corrected chi connectivity index (χ4v) is 5.19. The number of halogens is 2. The molecule has 12 heavy (non-hydrogen) atoms. The molecule has 1 aromatic heterocycles. The highest BCUT2D eigenvalue weighted by Crippen LogP contribution is 2.66. The van der Waals surface area contributed by atoms with E-state index >= 15 is 0 Å². The SMILES string of the molecule is BrC12Cc3cscc3CC1(Br)C2. The zero-order chi connectivity index (χ0) is 8.40. The Hall–Kier alpha value is 0.660. The van der Waals surface area contributed by atoms with Gasteiger partial charge in [-0.05, 0) is 41.1 Å². The molecule has 64 valence electrons. The van der Waals surface area contributed by atoms with Gasteiger partial charge in [0, 0.05) is 8.65 Å². The fraction of sp³-hybridized carbons (Fsp3) is 0.556. The smallest absolute Gasteiger partial charge is 0.0469 e. The Morgan fingerprint density at radius 3 is 2.08 bits per heavy atom. The Morgan fingerprint density at radius 2 is 1.58 bits per heavy atom. The van der Waals surface area contributed by atoms with E-state index in [4.69, 9.17) is 0 Å². The third-order valence-electron chi connectivity index (χ3n) is 3.01. The summed E-state index contributed by atoms with van der Waals surface area (Å²) >= 11 is 9.50. The van der Waals surface area contributed by atoms with E-state index in [0.29, 0.717) is 8.65 Å². The first-order chi connectivity index (χ1) is 5.63. The van der Waals surface area contributed by atoms with Gasteiger partial charge in [-0.1, -0.05) is 31.9 Å². The average Bonchev–Trinajstić information content (AvgIpc) is 2.37. The molecule has 2 atom stereocenters. The highest BCUT2D eigenvalue weighted by Gasteiger charge is 2.66. The van der Waals surface area contributed by atoms with Gasteiger partial charge in [-0.15, -0.1) is 0 Å². The van der Waals surface area contributed by atoms with E-state index in [-0.39, 0.29) is 0 Å². The van der Waals surface area contributed by atoms with Crippen molar-refractivity contribution in [1.82, 2.24) is 0 Å². The van der Waals surface area contributed by atoms with E-state index in [0.717, 1.165) is 0 Å². The Kier molecular flexibility index (Phi) is 1.45. The maximum Gasteiger partial charge on any atom is 0.0469 e. The van der Waals surface area contributed by atoms with Crippen molar-refractivity contribution in [1.29, 1.82) is 0 Å². The van der Waals surface area contributed by atoms with Crippen LogP contribution in [0.25, 0.3) is 0 Å². The highest BCUT2D eigenvalue weighted by atomic mass is 79.9. The van der Waals surface area contributed by atoms with Crippen LogP contribution < -0.4 is 0 Å². The van der Waals surface area contributed by atoms with Crippen molar-refractivity contribution in [2.45, 2.75) is 27.9 Å². The molecule has 0 aromatic carbocycles. The summed E-state index contributed by atoms with van der Waals surface area (Å²) in [6.45, 7) is 0. The van der Waals surface area contributed by atoms with E-state index < -0.39 is 0 Å². The molecule has 0 aliphatic heterocycles. The summed E-state index contributed by atoms with van der Waals surface area (Å²) in [5.74, 6) is 0. The van der Waals surface area contributed by atoms with Gasteiger partial charge in [-0.3, -0.25) is 0 Å². The van der Waals surface area contributed by atoms with Crippen LogP contribution in [0.5, 0.6) is 0 Å². The number of fused-ring (bicyclic) bond motifs is 2. The van der Waals surface area contributed by atoms with Crippen molar-refractivity contribution >= 4 is 43.2 Å². The lowest BCUT2D eigenvalue weighted by Gasteiger charge is -2.21. The molecule has 3 rings (SSSR count). The second-order valence-corrected chi connectivity index (χ2v) is 7.66. The second-order valence-electron chi connectivity index (χ2n) is 3.88. The van der Waals surface area contributed by atoms with E-state index in [1.165, 1.54) is 19.3 Å². The van der Waals surface area contributed by atoms with Crippen LogP contribution in [-0.2, 0) is 12.8 Å². The van der Waals surface area contributed by atoms with Crippen LogP contribution in [0.2, 0.25) is 0 Å². The van der Waals surface area contributed by atoms with Crippen LogP contribution in [0, 0.1) is 0 Å². The number of hydrogen-bond donors (Lipinski definition) is 0. The summed E-state index contributed by atoms with van der Waals surface area (Å²) in [5.41, 5.74) is 3.12. The molecule has 1 saturated carbocycles. The molecule has 0 radical (unpaired) electrons. The van der Waals surface area contributed by atoms with Crippen molar-refractivity contribution in [2.24, 2.45) is 0 Å². The summed E-state index contributed by atoms with van der Waals surface area (Å²) in [7, 11) is 0. The summed E-state index contributed by atoms with van der Waals surface area (Å²) in [6, 6.07) is 0. The molecule has 1 heterocycles. The van der Waals surface area contributed by atoms with Gasteiger partial charge >= 0.3 is 0 Å². The molecule has 2 unspecified atom stereocenters. The lowest BCUT2D eigenvalue weighted by molar-refractivity contribution is 0.744. The molecule has 2 aliphatic carbocycles. The minimum atomic E-state index is 0.383. The van der Waals surface area contributed by atoms with Gasteiger partial charge in [0.15, 0.2) is 0 Å². The topological polar surface area (TPSA) is 0 Å². The molecule has 0 amide bonds. The van der Waals surface area contributed by atoms with E-state index in [2.05, 4.69) is 42.6 Å². The molecule has 0 saturated heterocycles. The molecule has 0 bridgehead atoms. The largest absolute Gasteiger partial charge is 0.152 e. The van der Waals surface area contributed by atoms with Crippen molar-refractivity contribution in [3.8, 4) is 0 Å². The monoisotopic (exact) mass is 306 g/mol. The van der Waals surface area contributed by atoms with Crippen molar-refractivity contribution in [3.63, 3.8) is 0 Å². The Morgan fingerprint density at radius 1 is 1.08 bits per heavy atom. The molecule has 1 fully saturated rings. The molecule has 2 aliphatic rings. The van der Waals surface area contributed by atoms with Gasteiger partial charge in [0.2, 0.25) is 0 Å². The first-order valence-corrected chi connectivity index (χ1v) is 6.58. The maximum absolute atomic E-state index is 3.83. The first kappa shape index (κ1) is 8.01. The maximum atomic E-state index is 3.83. The van der Waals surface area contributed by atoms with Crippen LogP contribution in [0.4, 0.5) is 0 Å². The zero-order valence-electron chi connectivity index (χ0n) is 6.44. The second kappa shape index (κ2) is 2.18. The molecular formula is C9H8Br2S. The van der Waals surface area contributed by atoms with Gasteiger partial charge in [0.1, 0.15) is 0 Å². The molecule has 1 aromatic rings. The third kappa shape index (κ3) is 0.878. The van der Waals surface area contributed by atoms with Crippen LogP contribution in [0.3, 0.4) is 0 Å². The minimum absolute atomic E-state index is 0.383. The Labute approximate surface area is 92.6 Å². The summed E-state index contributed by atoms with van der Waals surface area (Å²) < 4.78 is 0.766. The molecular weight excluding hydrogens is 300 g/mol. The predicted molar refractivity (Wildman–Crippen MR) is 59.7 cm³/mol. The summed E-state index contributed by atoms with van der Waals surface area (Å²) in [6.07, 6.45) is 3.69. The number of thiophene rings is 1. The highest BCUT2D eigenvalue weighted by molar-refractivity contribution is 9.13. The van der Waals surface area contributed by atoms with E-state index in [1.54, 1.807) is 11.1 Å². The number of alkyl halides is 2. The number of hydrogen-bond acceptors (Lipinski definition) is 1. The lowest BCUT2D eigenvalue weighted by Crippen LogP contribution is -2.24. The van der Waals surface area contributed by atoms with Crippen molar-refractivity contribution in [2.75, 3.05) is 0 Å². The van der Waals surface area contributed by atoms with Crippen LogP contribution in [0.1, 0.15) is 17.5 Å². The van der Waals surface area contributed by atoms with Crippen LogP contribution >= 0.6 is 43.2 Å². The van der Waals surface area contributed by atoms with Crippen molar-refractivity contribution < 1.29 is 0 Å². The zero-order valence-corrected chi connectivity index (χ0v) is 10.4. The predicted octanol–water partition coefficient (Wildman–Crippen LogP) is 3.52. The minimum Gasteiger partial charge on any atom is -0.152 e. The van der Waals surface area contributed by atoms with Gasteiger partial charge in [-0.2, -0.15) is 11.3 Å². The molecule has 0 nitrogen and oxygen atoms in total. The normalized spacial score (nSPS) is 43.5. The third-order valence-corrected chi connectivity index (χ3v) is 7.03. The lowest BCUT2D eigenvalue weighted by atomic mass is 9.96. The Balaban J connectivity index is 2.08. The van der Waals surface area contributed by atoms with Gasteiger partial charge in [0.25, 0.3) is 0 Å². The van der Waals surface area contributed by atoms with Gasteiger partial charge in [-0.25, -0.2) is 0 Å². The molecule has 3 heteroatoms. The average molecular weight is 308 g/mol. The van der Waals surface area contributed by atoms with Crippen LogP contribution in [0.15, 0.2) is 10.8 Å².